The monoisotopic (exact) mass is 563 g/mol. The van der Waals surface area contributed by atoms with Crippen molar-refractivity contribution in [3.8, 4) is 46.0 Å². The first kappa shape index (κ1) is 26.3. The second kappa shape index (κ2) is 10.2. The van der Waals surface area contributed by atoms with Crippen LogP contribution in [0, 0.1) is 0 Å². The van der Waals surface area contributed by atoms with E-state index in [2.05, 4.69) is 0 Å². The third kappa shape index (κ3) is 4.16. The van der Waals surface area contributed by atoms with Crippen LogP contribution in [-0.4, -0.2) is 60.0 Å². The second-order valence-electron chi connectivity index (χ2n) is 9.53. The summed E-state index contributed by atoms with van der Waals surface area (Å²) in [5, 5.41) is 10.6. The van der Waals surface area contributed by atoms with Gasteiger partial charge in [-0.25, -0.2) is 4.79 Å². The smallest absolute Gasteiger partial charge is 0.337 e. The van der Waals surface area contributed by atoms with Gasteiger partial charge in [-0.15, -0.1) is 0 Å². The fourth-order valence-corrected chi connectivity index (χ4v) is 5.64. The Balaban J connectivity index is 1.56. The Morgan fingerprint density at radius 2 is 1.41 bits per heavy atom. The second-order valence-corrected chi connectivity index (χ2v) is 9.53. The predicted octanol–water partition coefficient (Wildman–Crippen LogP) is 4.13. The van der Waals surface area contributed by atoms with Crippen molar-refractivity contribution in [3.05, 3.63) is 64.4 Å². The van der Waals surface area contributed by atoms with E-state index in [9.17, 15) is 9.90 Å². The van der Waals surface area contributed by atoms with Crippen LogP contribution in [0.15, 0.2) is 47.7 Å². The van der Waals surface area contributed by atoms with Gasteiger partial charge in [-0.3, -0.25) is 0 Å². The van der Waals surface area contributed by atoms with E-state index in [1.165, 1.54) is 14.2 Å². The maximum absolute atomic E-state index is 13.4. The maximum Gasteiger partial charge on any atom is 0.337 e. The largest absolute Gasteiger partial charge is 0.502 e. The topological polar surface area (TPSA) is 114 Å². The van der Waals surface area contributed by atoms with Crippen LogP contribution in [0.25, 0.3) is 0 Å². The molecule has 0 fully saturated rings. The summed E-state index contributed by atoms with van der Waals surface area (Å²) < 4.78 is 44.6. The first-order valence-corrected chi connectivity index (χ1v) is 12.8. The zero-order valence-corrected chi connectivity index (χ0v) is 23.2. The van der Waals surface area contributed by atoms with Gasteiger partial charge in [0.1, 0.15) is 6.61 Å². The summed E-state index contributed by atoms with van der Waals surface area (Å²) in [5.41, 5.74) is 4.28. The fourth-order valence-electron chi connectivity index (χ4n) is 5.64. The molecule has 11 nitrogen and oxygen atoms in total. The van der Waals surface area contributed by atoms with E-state index in [1.54, 1.807) is 33.5 Å². The fraction of sp³-hybridized carbons (Fsp3) is 0.300. The van der Waals surface area contributed by atoms with Crippen molar-refractivity contribution in [1.82, 2.24) is 0 Å². The highest BCUT2D eigenvalue weighted by Crippen LogP contribution is 2.53. The normalized spacial score (nSPS) is 16.7. The molecule has 11 heteroatoms. The summed E-state index contributed by atoms with van der Waals surface area (Å²) in [7, 11) is 7.59. The number of cyclic esters (lactones) is 1. The van der Waals surface area contributed by atoms with Crippen LogP contribution in [0.2, 0.25) is 0 Å². The Labute approximate surface area is 236 Å². The molecule has 3 heterocycles. The van der Waals surface area contributed by atoms with Gasteiger partial charge >= 0.3 is 5.97 Å². The number of hydrogen-bond acceptors (Lipinski definition) is 11. The molecule has 0 saturated carbocycles. The van der Waals surface area contributed by atoms with Crippen LogP contribution in [0.5, 0.6) is 46.0 Å². The summed E-state index contributed by atoms with van der Waals surface area (Å²) >= 11 is 0. The van der Waals surface area contributed by atoms with E-state index in [1.807, 2.05) is 29.2 Å². The van der Waals surface area contributed by atoms with Crippen molar-refractivity contribution in [2.24, 2.45) is 0 Å². The number of methoxy groups -OCH3 is 5. The summed E-state index contributed by atoms with van der Waals surface area (Å²) in [6.07, 6.45) is 0. The summed E-state index contributed by atoms with van der Waals surface area (Å²) in [6, 6.07) is 10.9. The minimum Gasteiger partial charge on any atom is -0.502 e. The van der Waals surface area contributed by atoms with Crippen LogP contribution in [0.1, 0.15) is 22.6 Å². The van der Waals surface area contributed by atoms with Gasteiger partial charge in [0, 0.05) is 24.2 Å². The molecule has 0 bridgehead atoms. The molecule has 0 saturated heterocycles. The quantitative estimate of drug-likeness (QED) is 0.399. The molecule has 41 heavy (non-hydrogen) atoms. The molecule has 3 aromatic rings. The number of carbonyl (C=O) groups is 1. The van der Waals surface area contributed by atoms with Crippen LogP contribution in [0.3, 0.4) is 0 Å². The minimum atomic E-state index is -0.566. The van der Waals surface area contributed by atoms with E-state index >= 15 is 0 Å². The Morgan fingerprint density at radius 1 is 0.805 bits per heavy atom. The lowest BCUT2D eigenvalue weighted by atomic mass is 9.80. The molecule has 214 valence electrons. The molecular weight excluding hydrogens is 534 g/mol. The summed E-state index contributed by atoms with van der Waals surface area (Å²) in [4.78, 5) is 15.4. The van der Waals surface area contributed by atoms with E-state index in [4.69, 9.17) is 37.9 Å². The van der Waals surface area contributed by atoms with Crippen LogP contribution in [-0.2, 0) is 16.1 Å². The molecule has 1 N–H and O–H groups in total. The van der Waals surface area contributed by atoms with Gasteiger partial charge in [0.2, 0.25) is 18.3 Å². The minimum absolute atomic E-state index is 0.0787. The van der Waals surface area contributed by atoms with E-state index in [0.29, 0.717) is 52.1 Å². The SMILES string of the molecule is COc1cc(C2C3=C(COC3=O)N(Cc3cc(OC)c(OC)c(OC)c3)c3cc4c(cc32)OCO4)cc(OC)c1O. The highest BCUT2D eigenvalue weighted by Gasteiger charge is 2.43. The standard InChI is InChI=1S/C30H29NO10/c1-34-22-8-16(9-23(35-2)28(22)32)26-17-10-20-21(41-14-40-20)11-18(17)31(19-13-39-30(33)27(19)26)12-15-6-24(36-3)29(38-5)25(7-15)37-4/h6-11,26,32H,12-14H2,1-5H3. The van der Waals surface area contributed by atoms with Crippen molar-refractivity contribution >= 4 is 11.7 Å². The summed E-state index contributed by atoms with van der Waals surface area (Å²) in [6.45, 7) is 0.523. The van der Waals surface area contributed by atoms with Crippen molar-refractivity contribution in [3.63, 3.8) is 0 Å². The Morgan fingerprint density at radius 3 is 2.00 bits per heavy atom. The molecule has 0 aromatic heterocycles. The van der Waals surface area contributed by atoms with Crippen molar-refractivity contribution < 1.29 is 47.8 Å². The molecule has 3 aliphatic rings. The molecule has 1 atom stereocenters. The lowest BCUT2D eigenvalue weighted by molar-refractivity contribution is -0.136. The number of phenols is 1. The third-order valence-electron chi connectivity index (χ3n) is 7.51. The number of carbonyl (C=O) groups excluding carboxylic acids is 1. The summed E-state index contributed by atoms with van der Waals surface area (Å²) in [5.74, 6) is 1.96. The Kier molecular flexibility index (Phi) is 6.56. The van der Waals surface area contributed by atoms with Crippen LogP contribution >= 0.6 is 0 Å². The van der Waals surface area contributed by atoms with E-state index in [-0.39, 0.29) is 30.6 Å². The lowest BCUT2D eigenvalue weighted by Crippen LogP contribution is -2.31. The van der Waals surface area contributed by atoms with E-state index < -0.39 is 11.9 Å². The molecule has 0 spiro atoms. The average Bonchev–Trinajstić information content (AvgIpc) is 3.62. The number of aromatic hydroxyl groups is 1. The zero-order chi connectivity index (χ0) is 28.8. The lowest BCUT2D eigenvalue weighted by Gasteiger charge is -2.36. The van der Waals surface area contributed by atoms with Crippen LogP contribution < -0.4 is 38.1 Å². The molecule has 0 aliphatic carbocycles. The van der Waals surface area contributed by atoms with Gasteiger partial charge in [0.05, 0.1) is 46.8 Å². The van der Waals surface area contributed by atoms with Gasteiger partial charge in [0.15, 0.2) is 34.5 Å². The highest BCUT2D eigenvalue weighted by atomic mass is 16.7. The van der Waals surface area contributed by atoms with Gasteiger partial charge in [-0.05, 0) is 47.0 Å². The zero-order valence-electron chi connectivity index (χ0n) is 23.2. The van der Waals surface area contributed by atoms with Gasteiger partial charge in [-0.1, -0.05) is 0 Å². The first-order valence-electron chi connectivity index (χ1n) is 12.8. The number of rotatable bonds is 8. The average molecular weight is 564 g/mol. The molecule has 1 unspecified atom stereocenters. The van der Waals surface area contributed by atoms with Gasteiger partial charge < -0.3 is 47.9 Å². The number of esters is 1. The Bertz CT molecular complexity index is 1530. The molecular formula is C30H29NO10. The first-order chi connectivity index (χ1) is 19.9. The molecule has 6 rings (SSSR count). The number of nitrogens with zero attached hydrogens (tertiary/aromatic N) is 1. The number of fused-ring (bicyclic) bond motifs is 2. The van der Waals surface area contributed by atoms with Crippen molar-refractivity contribution in [2.75, 3.05) is 53.8 Å². The molecule has 3 aromatic carbocycles. The number of anilines is 1. The Hall–Kier alpha value is -4.93. The third-order valence-corrected chi connectivity index (χ3v) is 7.51. The predicted molar refractivity (Wildman–Crippen MR) is 146 cm³/mol. The number of benzene rings is 3. The number of phenolic OH excluding ortho intramolecular Hbond substituents is 1. The van der Waals surface area contributed by atoms with Crippen molar-refractivity contribution in [1.29, 1.82) is 0 Å². The molecule has 0 amide bonds. The molecule has 3 aliphatic heterocycles. The van der Waals surface area contributed by atoms with Crippen molar-refractivity contribution in [2.45, 2.75) is 12.5 Å². The van der Waals surface area contributed by atoms with E-state index in [0.717, 1.165) is 16.8 Å². The molecule has 0 radical (unpaired) electrons. The van der Waals surface area contributed by atoms with Crippen LogP contribution in [0.4, 0.5) is 5.69 Å². The van der Waals surface area contributed by atoms with Gasteiger partial charge in [0.25, 0.3) is 0 Å². The van der Waals surface area contributed by atoms with Gasteiger partial charge in [-0.2, -0.15) is 0 Å². The number of hydrogen-bond donors (Lipinski definition) is 1. The number of ether oxygens (including phenoxy) is 8. The highest BCUT2D eigenvalue weighted by molar-refractivity contribution is 5.98. The maximum atomic E-state index is 13.4.